The van der Waals surface area contributed by atoms with Crippen LogP contribution in [-0.2, 0) is 11.4 Å². The first-order chi connectivity index (χ1) is 9.65. The summed E-state index contributed by atoms with van der Waals surface area (Å²) in [5, 5.41) is 8.49. The van der Waals surface area contributed by atoms with Gasteiger partial charge in [-0.05, 0) is 29.8 Å². The summed E-state index contributed by atoms with van der Waals surface area (Å²) in [5.74, 6) is -1.16. The number of carboxylic acids is 1. The number of halogens is 1. The molecule has 2 rings (SSSR count). The van der Waals surface area contributed by atoms with Crippen molar-refractivity contribution in [2.75, 3.05) is 0 Å². The minimum Gasteiger partial charge on any atom is -0.483 e. The Labute approximate surface area is 114 Å². The molecular formula is C14H11FN2O3. The third-order valence-corrected chi connectivity index (χ3v) is 2.35. The zero-order valence-corrected chi connectivity index (χ0v) is 10.4. The van der Waals surface area contributed by atoms with Crippen LogP contribution in [0.1, 0.15) is 11.4 Å². The topological polar surface area (TPSA) is 72.3 Å². The Hall–Kier alpha value is -2.76. The molecule has 5 nitrogen and oxygen atoms in total. The summed E-state index contributed by atoms with van der Waals surface area (Å²) >= 11 is 0. The predicted molar refractivity (Wildman–Crippen MR) is 69.4 cm³/mol. The van der Waals surface area contributed by atoms with Gasteiger partial charge in [-0.2, -0.15) is 0 Å². The lowest BCUT2D eigenvalue weighted by Gasteiger charge is -2.06. The summed E-state index contributed by atoms with van der Waals surface area (Å²) < 4.78 is 19.0. The molecule has 1 aromatic heterocycles. The summed E-state index contributed by atoms with van der Waals surface area (Å²) in [6.07, 6.45) is 5.38. The van der Waals surface area contributed by atoms with Crippen LogP contribution in [0.4, 0.5) is 4.39 Å². The van der Waals surface area contributed by atoms with Gasteiger partial charge in [0.25, 0.3) is 0 Å². The van der Waals surface area contributed by atoms with Crippen LogP contribution < -0.4 is 4.74 Å². The van der Waals surface area contributed by atoms with Gasteiger partial charge in [0, 0.05) is 18.5 Å². The highest BCUT2D eigenvalue weighted by Gasteiger charge is 2.05. The highest BCUT2D eigenvalue weighted by Crippen LogP contribution is 2.19. The minimum absolute atomic E-state index is 0.0576. The number of hydrogen-bond acceptors (Lipinski definition) is 4. The lowest BCUT2D eigenvalue weighted by atomic mass is 10.2. The lowest BCUT2D eigenvalue weighted by molar-refractivity contribution is -0.131. The smallest absolute Gasteiger partial charge is 0.328 e. The maximum Gasteiger partial charge on any atom is 0.328 e. The molecule has 6 heteroatoms. The Balaban J connectivity index is 2.04. The third kappa shape index (κ3) is 3.88. The van der Waals surface area contributed by atoms with E-state index in [4.69, 9.17) is 9.84 Å². The van der Waals surface area contributed by atoms with E-state index in [9.17, 15) is 9.18 Å². The van der Waals surface area contributed by atoms with Crippen LogP contribution in [0.25, 0.3) is 6.08 Å². The van der Waals surface area contributed by atoms with E-state index < -0.39 is 11.8 Å². The number of carbonyl (C=O) groups is 1. The first-order valence-electron chi connectivity index (χ1n) is 5.74. The van der Waals surface area contributed by atoms with Crippen molar-refractivity contribution in [3.63, 3.8) is 0 Å². The molecule has 0 saturated carbocycles. The zero-order chi connectivity index (χ0) is 14.4. The molecule has 0 bridgehead atoms. The standard InChI is InChI=1S/C14H11FN2O3/c15-11-8-10(3-5-14(18)19)2-4-12(11)20-9-13-16-6-1-7-17-13/h1-8H,9H2,(H,18,19)/b5-3+. The van der Waals surface area contributed by atoms with Gasteiger partial charge < -0.3 is 9.84 Å². The molecule has 102 valence electrons. The average molecular weight is 274 g/mol. The van der Waals surface area contributed by atoms with Crippen molar-refractivity contribution in [1.29, 1.82) is 0 Å². The van der Waals surface area contributed by atoms with Gasteiger partial charge in [0.2, 0.25) is 0 Å². The van der Waals surface area contributed by atoms with Crippen molar-refractivity contribution in [3.05, 3.63) is 59.9 Å². The van der Waals surface area contributed by atoms with Crippen molar-refractivity contribution >= 4 is 12.0 Å². The predicted octanol–water partition coefficient (Wildman–Crippen LogP) is 2.29. The first kappa shape index (κ1) is 13.7. The highest BCUT2D eigenvalue weighted by atomic mass is 19.1. The second-order valence-electron chi connectivity index (χ2n) is 3.82. The summed E-state index contributed by atoms with van der Waals surface area (Å²) in [4.78, 5) is 18.3. The second kappa shape index (κ2) is 6.42. The van der Waals surface area contributed by atoms with Gasteiger partial charge in [-0.15, -0.1) is 0 Å². The van der Waals surface area contributed by atoms with Crippen LogP contribution in [0.3, 0.4) is 0 Å². The maximum atomic E-state index is 13.7. The molecule has 0 unspecified atom stereocenters. The largest absolute Gasteiger partial charge is 0.483 e. The normalized spacial score (nSPS) is 10.7. The fraction of sp³-hybridized carbons (Fsp3) is 0.0714. The quantitative estimate of drug-likeness (QED) is 0.847. The number of hydrogen-bond donors (Lipinski definition) is 1. The molecule has 1 heterocycles. The molecule has 2 aromatic rings. The van der Waals surface area contributed by atoms with Crippen LogP contribution in [0.2, 0.25) is 0 Å². The van der Waals surface area contributed by atoms with E-state index in [1.54, 1.807) is 24.5 Å². The molecule has 20 heavy (non-hydrogen) atoms. The van der Waals surface area contributed by atoms with Gasteiger partial charge in [0.15, 0.2) is 17.4 Å². The molecule has 0 fully saturated rings. The molecule has 0 aliphatic carbocycles. The number of rotatable bonds is 5. The molecule has 0 saturated heterocycles. The van der Waals surface area contributed by atoms with Gasteiger partial charge >= 0.3 is 5.97 Å². The van der Waals surface area contributed by atoms with E-state index in [1.165, 1.54) is 18.2 Å². The molecule has 0 aliphatic heterocycles. The van der Waals surface area contributed by atoms with E-state index in [1.807, 2.05) is 0 Å². The number of aliphatic carboxylic acids is 1. The van der Waals surface area contributed by atoms with Crippen molar-refractivity contribution < 1.29 is 19.0 Å². The van der Waals surface area contributed by atoms with E-state index in [-0.39, 0.29) is 12.4 Å². The molecule has 0 amide bonds. The minimum atomic E-state index is -1.09. The first-order valence-corrected chi connectivity index (χ1v) is 5.74. The molecular weight excluding hydrogens is 263 g/mol. The number of ether oxygens (including phenoxy) is 1. The third-order valence-electron chi connectivity index (χ3n) is 2.35. The Morgan fingerprint density at radius 2 is 2.10 bits per heavy atom. The van der Waals surface area contributed by atoms with Crippen LogP contribution in [0.5, 0.6) is 5.75 Å². The van der Waals surface area contributed by atoms with Crippen molar-refractivity contribution in [2.24, 2.45) is 0 Å². The van der Waals surface area contributed by atoms with Crippen molar-refractivity contribution in [1.82, 2.24) is 9.97 Å². The van der Waals surface area contributed by atoms with Crippen LogP contribution in [-0.4, -0.2) is 21.0 Å². The monoisotopic (exact) mass is 274 g/mol. The van der Waals surface area contributed by atoms with Crippen LogP contribution in [0.15, 0.2) is 42.7 Å². The maximum absolute atomic E-state index is 13.7. The van der Waals surface area contributed by atoms with Gasteiger partial charge in [-0.1, -0.05) is 6.07 Å². The van der Waals surface area contributed by atoms with E-state index >= 15 is 0 Å². The average Bonchev–Trinajstić information content (AvgIpc) is 2.45. The summed E-state index contributed by atoms with van der Waals surface area (Å²) in [5.41, 5.74) is 0.438. The van der Waals surface area contributed by atoms with Crippen molar-refractivity contribution in [3.8, 4) is 5.75 Å². The highest BCUT2D eigenvalue weighted by molar-refractivity contribution is 5.85. The molecule has 0 radical (unpaired) electrons. The molecule has 0 atom stereocenters. The van der Waals surface area contributed by atoms with Crippen LogP contribution in [0, 0.1) is 5.82 Å². The Kier molecular flexibility index (Phi) is 4.39. The summed E-state index contributed by atoms with van der Waals surface area (Å²) in [6, 6.07) is 5.86. The van der Waals surface area contributed by atoms with Crippen LogP contribution >= 0.6 is 0 Å². The SMILES string of the molecule is O=C(O)/C=C/c1ccc(OCc2ncccn2)c(F)c1. The van der Waals surface area contributed by atoms with Gasteiger partial charge in [0.1, 0.15) is 6.61 Å². The molecule has 1 aromatic carbocycles. The van der Waals surface area contributed by atoms with Gasteiger partial charge in [0.05, 0.1) is 0 Å². The Bertz CT molecular complexity index is 630. The van der Waals surface area contributed by atoms with E-state index in [0.717, 1.165) is 6.08 Å². The van der Waals surface area contributed by atoms with Gasteiger partial charge in [-0.3, -0.25) is 0 Å². The number of carboxylic acid groups (broad SMARTS) is 1. The van der Waals surface area contributed by atoms with E-state index in [0.29, 0.717) is 11.4 Å². The number of nitrogens with zero attached hydrogens (tertiary/aromatic N) is 2. The number of aromatic nitrogens is 2. The number of benzene rings is 1. The Morgan fingerprint density at radius 1 is 1.35 bits per heavy atom. The summed E-state index contributed by atoms with van der Waals surface area (Å²) in [7, 11) is 0. The fourth-order valence-electron chi connectivity index (χ4n) is 1.45. The van der Waals surface area contributed by atoms with Crippen molar-refractivity contribution in [2.45, 2.75) is 6.61 Å². The second-order valence-corrected chi connectivity index (χ2v) is 3.82. The fourth-order valence-corrected chi connectivity index (χ4v) is 1.45. The zero-order valence-electron chi connectivity index (χ0n) is 10.4. The lowest BCUT2D eigenvalue weighted by Crippen LogP contribution is -2.01. The van der Waals surface area contributed by atoms with E-state index in [2.05, 4.69) is 9.97 Å². The summed E-state index contributed by atoms with van der Waals surface area (Å²) in [6.45, 7) is 0.0576. The molecule has 0 spiro atoms. The molecule has 0 aliphatic rings. The Morgan fingerprint density at radius 3 is 2.75 bits per heavy atom. The van der Waals surface area contributed by atoms with Gasteiger partial charge in [-0.25, -0.2) is 19.2 Å². The molecule has 1 N–H and O–H groups in total.